The minimum absolute atomic E-state index is 0.881. The standard InChI is InChI=1S/2C16H16.2C14H14N2/c1-13-3-7-15(8-4-13)11-12-16-9-5-14(2)6-10-16;1-13-5-3-7-15(11-13)9-10-16-8-4-6-14(2)12-16;1-11-3-7-13(8-4-11)15-16-14-9-5-12(2)6-10-14;1-11-5-3-7-13(9-11)15-16-14-8-4-6-12(2)10-14/h2*3-12H,1-2H3;2*3-10H,1-2H3/b12-11+;10-9-;;. The molecule has 0 aliphatic heterocycles. The summed E-state index contributed by atoms with van der Waals surface area (Å²) < 4.78 is 0. The first-order chi connectivity index (χ1) is 30.9. The molecule has 8 aromatic rings. The summed E-state index contributed by atoms with van der Waals surface area (Å²) in [7, 11) is 0. The highest BCUT2D eigenvalue weighted by molar-refractivity contribution is 5.70. The molecule has 8 rings (SSSR count). The van der Waals surface area contributed by atoms with E-state index in [9.17, 15) is 0 Å². The molecule has 4 heteroatoms. The maximum atomic E-state index is 4.20. The van der Waals surface area contributed by atoms with Gasteiger partial charge in [-0.15, -0.1) is 0 Å². The van der Waals surface area contributed by atoms with Crippen molar-refractivity contribution in [3.8, 4) is 0 Å². The topological polar surface area (TPSA) is 49.4 Å². The van der Waals surface area contributed by atoms with E-state index in [2.05, 4.69) is 183 Å². The maximum absolute atomic E-state index is 4.20. The van der Waals surface area contributed by atoms with E-state index in [0.29, 0.717) is 0 Å². The lowest BCUT2D eigenvalue weighted by Crippen LogP contribution is -1.76. The third-order valence-corrected chi connectivity index (χ3v) is 9.81. The van der Waals surface area contributed by atoms with Crippen LogP contribution >= 0.6 is 0 Å². The SMILES string of the molecule is Cc1ccc(/C=C/c2ccc(C)cc2)cc1.Cc1ccc(N=Nc2ccc(C)cc2)cc1.Cc1cccc(/C=C\c2cccc(C)c2)c1.Cc1cccc(N=Nc2cccc(C)c2)c1. The summed E-state index contributed by atoms with van der Waals surface area (Å²) >= 11 is 0. The van der Waals surface area contributed by atoms with Gasteiger partial charge in [-0.2, -0.15) is 20.5 Å². The molecular formula is C60H60N4. The van der Waals surface area contributed by atoms with Gasteiger partial charge in [-0.25, -0.2) is 0 Å². The van der Waals surface area contributed by atoms with E-state index in [1.807, 2.05) is 111 Å². The predicted octanol–water partition coefficient (Wildman–Crippen LogP) is 18.4. The van der Waals surface area contributed by atoms with Crippen LogP contribution in [0.2, 0.25) is 0 Å². The molecule has 8 aromatic carbocycles. The molecule has 0 aliphatic carbocycles. The number of benzene rings is 8. The highest BCUT2D eigenvalue weighted by Crippen LogP contribution is 2.21. The molecule has 0 saturated heterocycles. The molecule has 0 atom stereocenters. The van der Waals surface area contributed by atoms with Gasteiger partial charge in [-0.3, -0.25) is 0 Å². The van der Waals surface area contributed by atoms with Gasteiger partial charge in [-0.1, -0.05) is 203 Å². The molecule has 0 bridgehead atoms. The van der Waals surface area contributed by atoms with Gasteiger partial charge < -0.3 is 0 Å². The van der Waals surface area contributed by atoms with Gasteiger partial charge in [-0.05, 0) is 137 Å². The number of azo groups is 2. The molecule has 0 radical (unpaired) electrons. The van der Waals surface area contributed by atoms with Crippen molar-refractivity contribution in [2.75, 3.05) is 0 Å². The average Bonchev–Trinajstić information content (AvgIpc) is 3.29. The first-order valence-corrected chi connectivity index (χ1v) is 21.7. The summed E-state index contributed by atoms with van der Waals surface area (Å²) in [6, 6.07) is 66.1. The van der Waals surface area contributed by atoms with Crippen molar-refractivity contribution < 1.29 is 0 Å². The molecule has 0 aromatic heterocycles. The summed E-state index contributed by atoms with van der Waals surface area (Å²) in [5.74, 6) is 0. The Labute approximate surface area is 382 Å². The lowest BCUT2D eigenvalue weighted by atomic mass is 10.1. The molecule has 64 heavy (non-hydrogen) atoms. The molecule has 0 spiro atoms. The van der Waals surface area contributed by atoms with Gasteiger partial charge in [0, 0.05) is 0 Å². The lowest BCUT2D eigenvalue weighted by Gasteiger charge is -1.97. The van der Waals surface area contributed by atoms with Crippen molar-refractivity contribution >= 4 is 47.1 Å². The van der Waals surface area contributed by atoms with Crippen LogP contribution in [-0.2, 0) is 0 Å². The van der Waals surface area contributed by atoms with Crippen LogP contribution < -0.4 is 0 Å². The van der Waals surface area contributed by atoms with E-state index < -0.39 is 0 Å². The van der Waals surface area contributed by atoms with Gasteiger partial charge in [0.05, 0.1) is 22.7 Å². The summed E-state index contributed by atoms with van der Waals surface area (Å²) in [5, 5.41) is 16.8. The molecule has 4 nitrogen and oxygen atoms in total. The second kappa shape index (κ2) is 25.4. The Morgan fingerprint density at radius 2 is 0.484 bits per heavy atom. The number of nitrogens with zero attached hydrogens (tertiary/aromatic N) is 4. The molecule has 320 valence electrons. The number of aryl methyl sites for hydroxylation is 8. The number of hydrogen-bond donors (Lipinski definition) is 0. The Kier molecular flexibility index (Phi) is 18.8. The van der Waals surface area contributed by atoms with E-state index in [-0.39, 0.29) is 0 Å². The van der Waals surface area contributed by atoms with E-state index in [1.54, 1.807) is 0 Å². The maximum Gasteiger partial charge on any atom is 0.0859 e. The molecule has 0 aliphatic rings. The van der Waals surface area contributed by atoms with Crippen LogP contribution in [0.3, 0.4) is 0 Å². The Balaban J connectivity index is 0.000000161. The van der Waals surface area contributed by atoms with Crippen LogP contribution in [0, 0.1) is 55.4 Å². The third-order valence-electron chi connectivity index (χ3n) is 9.81. The summed E-state index contributed by atoms with van der Waals surface area (Å²) in [4.78, 5) is 0. The fourth-order valence-electron chi connectivity index (χ4n) is 6.12. The number of hydrogen-bond acceptors (Lipinski definition) is 4. The Morgan fingerprint density at radius 1 is 0.219 bits per heavy atom. The highest BCUT2D eigenvalue weighted by atomic mass is 15.1. The van der Waals surface area contributed by atoms with E-state index in [0.717, 1.165) is 22.7 Å². The van der Waals surface area contributed by atoms with Crippen molar-refractivity contribution in [2.45, 2.75) is 55.4 Å². The van der Waals surface area contributed by atoms with Crippen LogP contribution in [-0.4, -0.2) is 0 Å². The van der Waals surface area contributed by atoms with Crippen LogP contribution in [0.1, 0.15) is 66.8 Å². The zero-order valence-corrected chi connectivity index (χ0v) is 38.6. The fourth-order valence-corrected chi connectivity index (χ4v) is 6.12. The van der Waals surface area contributed by atoms with Gasteiger partial charge in [0.15, 0.2) is 0 Å². The Morgan fingerprint density at radius 3 is 0.797 bits per heavy atom. The molecule has 0 N–H and O–H groups in total. The van der Waals surface area contributed by atoms with Gasteiger partial charge in [0.2, 0.25) is 0 Å². The van der Waals surface area contributed by atoms with Crippen LogP contribution in [0.5, 0.6) is 0 Å². The average molecular weight is 837 g/mol. The van der Waals surface area contributed by atoms with Crippen molar-refractivity contribution in [2.24, 2.45) is 20.5 Å². The van der Waals surface area contributed by atoms with Crippen molar-refractivity contribution in [1.82, 2.24) is 0 Å². The molecule has 0 amide bonds. The minimum Gasteiger partial charge on any atom is -0.151 e. The van der Waals surface area contributed by atoms with Crippen LogP contribution in [0.25, 0.3) is 24.3 Å². The molecule has 0 heterocycles. The van der Waals surface area contributed by atoms with Crippen LogP contribution in [0.4, 0.5) is 22.7 Å². The normalized spacial score (nSPS) is 10.9. The van der Waals surface area contributed by atoms with Gasteiger partial charge in [0.1, 0.15) is 0 Å². The van der Waals surface area contributed by atoms with Crippen molar-refractivity contribution in [1.29, 1.82) is 0 Å². The monoisotopic (exact) mass is 836 g/mol. The molecule has 0 unspecified atom stereocenters. The Bertz CT molecular complexity index is 2370. The first kappa shape index (κ1) is 47.5. The minimum atomic E-state index is 0.881. The molecule has 0 saturated carbocycles. The van der Waals surface area contributed by atoms with E-state index in [4.69, 9.17) is 0 Å². The summed E-state index contributed by atoms with van der Waals surface area (Å²) in [5.41, 5.74) is 18.6. The smallest absolute Gasteiger partial charge is 0.0859 e. The second-order valence-electron chi connectivity index (χ2n) is 16.1. The third kappa shape index (κ3) is 18.2. The Hall–Kier alpha value is -7.56. The van der Waals surface area contributed by atoms with Crippen LogP contribution in [0.15, 0.2) is 215 Å². The molecular weight excluding hydrogens is 777 g/mol. The largest absolute Gasteiger partial charge is 0.151 e. The van der Waals surface area contributed by atoms with Crippen molar-refractivity contribution in [3.63, 3.8) is 0 Å². The zero-order chi connectivity index (χ0) is 45.5. The second-order valence-corrected chi connectivity index (χ2v) is 16.1. The lowest BCUT2D eigenvalue weighted by molar-refractivity contribution is 1.22. The predicted molar refractivity (Wildman–Crippen MR) is 276 cm³/mol. The summed E-state index contributed by atoms with van der Waals surface area (Å²) in [6.07, 6.45) is 8.59. The van der Waals surface area contributed by atoms with Gasteiger partial charge in [0.25, 0.3) is 0 Å². The zero-order valence-electron chi connectivity index (χ0n) is 38.6. The van der Waals surface area contributed by atoms with Crippen molar-refractivity contribution in [3.05, 3.63) is 261 Å². The fraction of sp³-hybridized carbons (Fsp3) is 0.133. The van der Waals surface area contributed by atoms with E-state index in [1.165, 1.54) is 66.8 Å². The first-order valence-electron chi connectivity index (χ1n) is 21.7. The summed E-state index contributed by atoms with van der Waals surface area (Å²) in [6.45, 7) is 16.6. The number of rotatable bonds is 8. The molecule has 0 fully saturated rings. The van der Waals surface area contributed by atoms with E-state index >= 15 is 0 Å². The quantitative estimate of drug-likeness (QED) is 0.108. The highest BCUT2D eigenvalue weighted by Gasteiger charge is 1.94. The van der Waals surface area contributed by atoms with Gasteiger partial charge >= 0.3 is 0 Å².